The Kier molecular flexibility index (Phi) is 7.67. The number of aliphatic hydroxyl groups excluding tert-OH is 1. The molecule has 4 rings (SSSR count). The third-order valence-corrected chi connectivity index (χ3v) is 6.57. The molecule has 3 amide bonds. The van der Waals surface area contributed by atoms with Crippen molar-refractivity contribution in [1.82, 2.24) is 35.5 Å². The summed E-state index contributed by atoms with van der Waals surface area (Å²) in [7, 11) is 0. The maximum Gasteiger partial charge on any atom is 0.248 e. The van der Waals surface area contributed by atoms with E-state index in [1.807, 2.05) is 33.0 Å². The van der Waals surface area contributed by atoms with Crippen LogP contribution in [-0.4, -0.2) is 72.9 Å². The fourth-order valence-electron chi connectivity index (χ4n) is 4.53. The number of aliphatic hydroxyl groups is 1. The predicted molar refractivity (Wildman–Crippen MR) is 130 cm³/mol. The van der Waals surface area contributed by atoms with Crippen LogP contribution in [-0.2, 0) is 20.9 Å². The van der Waals surface area contributed by atoms with Crippen LogP contribution in [0.1, 0.15) is 69.7 Å². The number of pyridine rings is 1. The second-order valence-electron chi connectivity index (χ2n) is 10.7. The number of amides is 3. The lowest BCUT2D eigenvalue weighted by Crippen LogP contribution is -2.50. The summed E-state index contributed by atoms with van der Waals surface area (Å²) in [6.07, 6.45) is 6.77. The molecule has 11 heteroatoms. The van der Waals surface area contributed by atoms with Crippen LogP contribution in [0.15, 0.2) is 30.7 Å². The molecule has 2 aromatic heterocycles. The van der Waals surface area contributed by atoms with E-state index in [-0.39, 0.29) is 43.7 Å². The summed E-state index contributed by atoms with van der Waals surface area (Å²) in [5.41, 5.74) is 1.27. The zero-order chi connectivity index (χ0) is 25.9. The van der Waals surface area contributed by atoms with Crippen LogP contribution in [0, 0.1) is 5.41 Å². The molecule has 1 saturated heterocycles. The maximum absolute atomic E-state index is 13.7. The minimum atomic E-state index is -0.817. The zero-order valence-electron chi connectivity index (χ0n) is 21.1. The number of rotatable bonds is 9. The molecule has 2 fully saturated rings. The van der Waals surface area contributed by atoms with Crippen molar-refractivity contribution in [3.05, 3.63) is 42.0 Å². The van der Waals surface area contributed by atoms with Gasteiger partial charge in [0, 0.05) is 57.0 Å². The average molecular weight is 498 g/mol. The molecule has 2 aliphatic rings. The molecule has 3 heterocycles. The van der Waals surface area contributed by atoms with Crippen LogP contribution in [0.25, 0.3) is 0 Å². The van der Waals surface area contributed by atoms with Gasteiger partial charge in [0.2, 0.25) is 17.7 Å². The Morgan fingerprint density at radius 1 is 1.22 bits per heavy atom. The smallest absolute Gasteiger partial charge is 0.248 e. The van der Waals surface area contributed by atoms with Crippen LogP contribution in [0.2, 0.25) is 0 Å². The van der Waals surface area contributed by atoms with Crippen LogP contribution in [0.5, 0.6) is 0 Å². The highest BCUT2D eigenvalue weighted by Crippen LogP contribution is 2.40. The minimum Gasteiger partial charge on any atom is -0.391 e. The molecule has 1 saturated carbocycles. The second-order valence-corrected chi connectivity index (χ2v) is 10.7. The Labute approximate surface area is 210 Å². The van der Waals surface area contributed by atoms with Gasteiger partial charge in [-0.25, -0.2) is 4.68 Å². The van der Waals surface area contributed by atoms with Crippen LogP contribution < -0.4 is 10.6 Å². The van der Waals surface area contributed by atoms with Gasteiger partial charge < -0.3 is 20.6 Å². The van der Waals surface area contributed by atoms with Crippen molar-refractivity contribution in [3.8, 4) is 0 Å². The van der Waals surface area contributed by atoms with E-state index in [1.165, 1.54) is 4.90 Å². The van der Waals surface area contributed by atoms with Crippen molar-refractivity contribution in [2.24, 2.45) is 5.41 Å². The number of carbonyl (C=O) groups is 3. The molecule has 0 spiro atoms. The summed E-state index contributed by atoms with van der Waals surface area (Å²) in [6, 6.07) is 2.17. The first-order chi connectivity index (χ1) is 17.1. The van der Waals surface area contributed by atoms with Crippen molar-refractivity contribution < 1.29 is 19.5 Å². The zero-order valence-corrected chi connectivity index (χ0v) is 21.1. The van der Waals surface area contributed by atoms with Gasteiger partial charge in [0.25, 0.3) is 0 Å². The summed E-state index contributed by atoms with van der Waals surface area (Å²) in [5, 5.41) is 24.4. The third-order valence-electron chi connectivity index (χ3n) is 6.57. The Morgan fingerprint density at radius 2 is 2.00 bits per heavy atom. The normalized spacial score (nSPS) is 20.7. The van der Waals surface area contributed by atoms with Crippen LogP contribution in [0.3, 0.4) is 0 Å². The number of hydrogen-bond acceptors (Lipinski definition) is 7. The van der Waals surface area contributed by atoms with E-state index in [4.69, 9.17) is 0 Å². The van der Waals surface area contributed by atoms with Crippen LogP contribution >= 0.6 is 0 Å². The number of likely N-dealkylation sites (tertiary alicyclic amines) is 1. The number of β-amino-alcohol motifs (C(OH)–C–C–N with tert-alkyl or cyclic N) is 1. The van der Waals surface area contributed by atoms with Gasteiger partial charge in [0.05, 0.1) is 11.8 Å². The molecule has 1 aliphatic carbocycles. The van der Waals surface area contributed by atoms with Gasteiger partial charge in [0.1, 0.15) is 12.1 Å². The lowest BCUT2D eigenvalue weighted by molar-refractivity contribution is -0.144. The minimum absolute atomic E-state index is 0.0687. The first-order valence-electron chi connectivity index (χ1n) is 12.5. The van der Waals surface area contributed by atoms with Crippen molar-refractivity contribution in [2.45, 2.75) is 77.1 Å². The highest BCUT2D eigenvalue weighted by atomic mass is 16.3. The Balaban J connectivity index is 1.35. The van der Waals surface area contributed by atoms with Crippen molar-refractivity contribution in [1.29, 1.82) is 0 Å². The Bertz CT molecular complexity index is 1080. The highest BCUT2D eigenvalue weighted by Gasteiger charge is 2.45. The summed E-state index contributed by atoms with van der Waals surface area (Å²) in [4.78, 5) is 44.3. The number of hydrogen-bond donors (Lipinski definition) is 3. The molecule has 36 heavy (non-hydrogen) atoms. The van der Waals surface area contributed by atoms with Gasteiger partial charge in [-0.15, -0.1) is 5.10 Å². The van der Waals surface area contributed by atoms with Crippen molar-refractivity contribution in [3.63, 3.8) is 0 Å². The van der Waals surface area contributed by atoms with Gasteiger partial charge in [-0.1, -0.05) is 32.1 Å². The lowest BCUT2D eigenvalue weighted by Gasteiger charge is -2.34. The molecule has 3 atom stereocenters. The third kappa shape index (κ3) is 6.26. The maximum atomic E-state index is 13.7. The molecule has 11 nitrogen and oxygen atoms in total. The highest BCUT2D eigenvalue weighted by molar-refractivity contribution is 5.90. The number of aromatic nitrogens is 4. The predicted octanol–water partition coefficient (Wildman–Crippen LogP) is 0.922. The SMILES string of the molecule is CC(C)(C)[C@@H](C(=O)N1C[C@H](O)C[C@H]1C(=O)NCCC(=O)NCc1cccnc1)n1cc(C2CC2)nn1. The van der Waals surface area contributed by atoms with Gasteiger partial charge in [-0.2, -0.15) is 0 Å². The standard InChI is InChI=1S/C25H35N7O4/c1-25(2,3)22(32-15-19(29-30-32)17-6-7-17)24(36)31-14-18(33)11-20(31)23(35)27-10-8-21(34)28-13-16-5-4-9-26-12-16/h4-5,9,12,15,17-18,20,22,33H,6-8,10-11,13-14H2,1-3H3,(H,27,35)(H,28,34)/t18-,20+,22-/m1/s1. The van der Waals surface area contributed by atoms with E-state index in [9.17, 15) is 19.5 Å². The molecule has 1 aliphatic heterocycles. The first kappa shape index (κ1) is 25.7. The summed E-state index contributed by atoms with van der Waals surface area (Å²) in [5.74, 6) is -0.460. The van der Waals surface area contributed by atoms with E-state index >= 15 is 0 Å². The van der Waals surface area contributed by atoms with E-state index in [1.54, 1.807) is 23.1 Å². The summed E-state index contributed by atoms with van der Waals surface area (Å²) < 4.78 is 1.60. The topological polar surface area (TPSA) is 142 Å². The molecular formula is C25H35N7O4. The second kappa shape index (κ2) is 10.7. The summed E-state index contributed by atoms with van der Waals surface area (Å²) >= 11 is 0. The molecule has 0 aromatic carbocycles. The number of nitrogens with zero attached hydrogens (tertiary/aromatic N) is 5. The summed E-state index contributed by atoms with van der Waals surface area (Å²) in [6.45, 7) is 6.39. The van der Waals surface area contributed by atoms with Crippen LogP contribution in [0.4, 0.5) is 0 Å². The fourth-order valence-corrected chi connectivity index (χ4v) is 4.53. The lowest BCUT2D eigenvalue weighted by atomic mass is 9.85. The molecular weight excluding hydrogens is 462 g/mol. The molecule has 3 N–H and O–H groups in total. The monoisotopic (exact) mass is 497 g/mol. The van der Waals surface area contributed by atoms with Gasteiger partial charge in [0.15, 0.2) is 0 Å². The molecule has 0 unspecified atom stereocenters. The van der Waals surface area contributed by atoms with Crippen molar-refractivity contribution in [2.75, 3.05) is 13.1 Å². The molecule has 2 aromatic rings. The quantitative estimate of drug-likeness (QED) is 0.468. The van der Waals surface area contributed by atoms with E-state index in [2.05, 4.69) is 25.9 Å². The number of nitrogens with one attached hydrogen (secondary N) is 2. The van der Waals surface area contributed by atoms with Gasteiger partial charge in [-0.3, -0.25) is 19.4 Å². The van der Waals surface area contributed by atoms with E-state index < -0.39 is 23.6 Å². The first-order valence-corrected chi connectivity index (χ1v) is 12.5. The molecule has 0 radical (unpaired) electrons. The number of carbonyl (C=O) groups excluding carboxylic acids is 3. The van der Waals surface area contributed by atoms with E-state index in [0.29, 0.717) is 12.5 Å². The molecule has 194 valence electrons. The van der Waals surface area contributed by atoms with Gasteiger partial charge in [-0.05, 0) is 29.9 Å². The Morgan fingerprint density at radius 3 is 2.67 bits per heavy atom. The Hall–Kier alpha value is -3.34. The average Bonchev–Trinajstić information content (AvgIpc) is 3.44. The van der Waals surface area contributed by atoms with Crippen molar-refractivity contribution >= 4 is 17.7 Å². The fraction of sp³-hybridized carbons (Fsp3) is 0.600. The van der Waals surface area contributed by atoms with E-state index in [0.717, 1.165) is 24.1 Å². The van der Waals surface area contributed by atoms with Gasteiger partial charge >= 0.3 is 0 Å². The largest absolute Gasteiger partial charge is 0.391 e. The molecule has 0 bridgehead atoms.